The van der Waals surface area contributed by atoms with Gasteiger partial charge in [-0.25, -0.2) is 0 Å². The number of nitrogens with one attached hydrogen (secondary N) is 1. The number of carbonyl (C=O) groups excluding carboxylic acids is 1. The highest BCUT2D eigenvalue weighted by Gasteiger charge is 2.20. The molecule has 1 heterocycles. The molecule has 1 aromatic carbocycles. The Labute approximate surface area is 111 Å². The summed E-state index contributed by atoms with van der Waals surface area (Å²) in [4.78, 5) is 12.0. The summed E-state index contributed by atoms with van der Waals surface area (Å²) in [6.07, 6.45) is 2.52. The van der Waals surface area contributed by atoms with Gasteiger partial charge in [0.15, 0.2) is 0 Å². The second-order valence-electron chi connectivity index (χ2n) is 4.43. The van der Waals surface area contributed by atoms with Gasteiger partial charge in [-0.15, -0.1) is 0 Å². The number of halogens is 2. The summed E-state index contributed by atoms with van der Waals surface area (Å²) in [5.74, 6) is 0.439. The first-order valence-electron chi connectivity index (χ1n) is 5.84. The Morgan fingerprint density at radius 2 is 2.18 bits per heavy atom. The third-order valence-electron chi connectivity index (χ3n) is 3.11. The summed E-state index contributed by atoms with van der Waals surface area (Å²) in [5, 5.41) is 4.30. The molecule has 0 bridgehead atoms. The summed E-state index contributed by atoms with van der Waals surface area (Å²) in [6, 6.07) is 5.38. The fraction of sp³-hybridized carbons (Fsp3) is 0.462. The van der Waals surface area contributed by atoms with Crippen molar-refractivity contribution in [1.29, 1.82) is 0 Å². The molecule has 2 nitrogen and oxygen atoms in total. The van der Waals surface area contributed by atoms with Crippen LogP contribution in [0, 0.1) is 5.92 Å². The number of piperidine rings is 1. The first-order valence-corrected chi connectivity index (χ1v) is 6.60. The van der Waals surface area contributed by atoms with Gasteiger partial charge in [-0.05, 0) is 37.1 Å². The predicted molar refractivity (Wildman–Crippen MR) is 70.8 cm³/mol. The highest BCUT2D eigenvalue weighted by molar-refractivity contribution is 6.42. The predicted octanol–water partition coefficient (Wildman–Crippen LogP) is 3.10. The van der Waals surface area contributed by atoms with Crippen molar-refractivity contribution in [3.63, 3.8) is 0 Å². The van der Waals surface area contributed by atoms with E-state index in [9.17, 15) is 4.79 Å². The maximum Gasteiger partial charge on any atom is 0.141 e. The summed E-state index contributed by atoms with van der Waals surface area (Å²) >= 11 is 11.8. The van der Waals surface area contributed by atoms with E-state index < -0.39 is 0 Å². The molecule has 0 aliphatic carbocycles. The van der Waals surface area contributed by atoms with Gasteiger partial charge in [-0.2, -0.15) is 0 Å². The second-order valence-corrected chi connectivity index (χ2v) is 5.25. The topological polar surface area (TPSA) is 29.1 Å². The maximum atomic E-state index is 12.0. The molecule has 17 heavy (non-hydrogen) atoms. The zero-order valence-corrected chi connectivity index (χ0v) is 11.0. The fourth-order valence-electron chi connectivity index (χ4n) is 2.12. The average molecular weight is 272 g/mol. The molecule has 2 rings (SSSR count). The molecule has 1 atom stereocenters. The molecule has 1 aromatic rings. The van der Waals surface area contributed by atoms with Crippen LogP contribution < -0.4 is 5.32 Å². The first-order chi connectivity index (χ1) is 8.16. The lowest BCUT2D eigenvalue weighted by Crippen LogP contribution is -2.35. The fourth-order valence-corrected chi connectivity index (χ4v) is 2.44. The molecule has 0 aromatic heterocycles. The van der Waals surface area contributed by atoms with E-state index in [0.29, 0.717) is 16.5 Å². The SMILES string of the molecule is O=C(Cc1ccc(Cl)c(Cl)c1)C1CCCNC1. The normalized spacial score (nSPS) is 20.2. The molecule has 4 heteroatoms. The van der Waals surface area contributed by atoms with Gasteiger partial charge in [0.2, 0.25) is 0 Å². The van der Waals surface area contributed by atoms with Crippen molar-refractivity contribution in [3.8, 4) is 0 Å². The molecule has 0 saturated carbocycles. The lowest BCUT2D eigenvalue weighted by atomic mass is 9.91. The van der Waals surface area contributed by atoms with E-state index in [4.69, 9.17) is 23.2 Å². The molecule has 0 amide bonds. The van der Waals surface area contributed by atoms with E-state index in [0.717, 1.165) is 31.5 Å². The van der Waals surface area contributed by atoms with Crippen LogP contribution in [-0.4, -0.2) is 18.9 Å². The van der Waals surface area contributed by atoms with Crippen LogP contribution in [0.3, 0.4) is 0 Å². The second kappa shape index (κ2) is 5.85. The summed E-state index contributed by atoms with van der Waals surface area (Å²) in [7, 11) is 0. The van der Waals surface area contributed by atoms with E-state index in [-0.39, 0.29) is 11.7 Å². The number of rotatable bonds is 3. The van der Waals surface area contributed by atoms with Gasteiger partial charge in [0.05, 0.1) is 10.0 Å². The summed E-state index contributed by atoms with van der Waals surface area (Å²) < 4.78 is 0. The minimum absolute atomic E-state index is 0.151. The molecule has 1 N–H and O–H groups in total. The van der Waals surface area contributed by atoms with Gasteiger partial charge in [0, 0.05) is 18.9 Å². The molecule has 0 spiro atoms. The zero-order chi connectivity index (χ0) is 12.3. The van der Waals surface area contributed by atoms with Crippen LogP contribution in [-0.2, 0) is 11.2 Å². The monoisotopic (exact) mass is 271 g/mol. The van der Waals surface area contributed by atoms with Gasteiger partial charge in [-0.1, -0.05) is 29.3 Å². The van der Waals surface area contributed by atoms with Crippen LogP contribution in [0.25, 0.3) is 0 Å². The van der Waals surface area contributed by atoms with Crippen molar-refractivity contribution >= 4 is 29.0 Å². The van der Waals surface area contributed by atoms with Gasteiger partial charge in [-0.3, -0.25) is 4.79 Å². The van der Waals surface area contributed by atoms with Gasteiger partial charge < -0.3 is 5.32 Å². The zero-order valence-electron chi connectivity index (χ0n) is 9.51. The van der Waals surface area contributed by atoms with Crippen molar-refractivity contribution in [3.05, 3.63) is 33.8 Å². The molecule has 0 radical (unpaired) electrons. The minimum atomic E-state index is 0.151. The lowest BCUT2D eigenvalue weighted by Gasteiger charge is -2.21. The van der Waals surface area contributed by atoms with Crippen molar-refractivity contribution in [1.82, 2.24) is 5.32 Å². The number of Topliss-reactive ketones (excluding diaryl/α,β-unsaturated/α-hetero) is 1. The van der Waals surface area contributed by atoms with E-state index in [2.05, 4.69) is 5.32 Å². The highest BCUT2D eigenvalue weighted by Crippen LogP contribution is 2.23. The Balaban J connectivity index is 1.99. The smallest absolute Gasteiger partial charge is 0.141 e. The molecule has 1 saturated heterocycles. The molecular formula is C13H15Cl2NO. The van der Waals surface area contributed by atoms with Crippen LogP contribution in [0.2, 0.25) is 10.0 Å². The van der Waals surface area contributed by atoms with Crippen molar-refractivity contribution in [2.45, 2.75) is 19.3 Å². The Kier molecular flexibility index (Phi) is 4.43. The Bertz CT molecular complexity index is 414. The number of ketones is 1. The van der Waals surface area contributed by atoms with Crippen LogP contribution in [0.4, 0.5) is 0 Å². The Morgan fingerprint density at radius 1 is 1.35 bits per heavy atom. The van der Waals surface area contributed by atoms with E-state index >= 15 is 0 Å². The third kappa shape index (κ3) is 3.44. The lowest BCUT2D eigenvalue weighted by molar-refractivity contribution is -0.122. The van der Waals surface area contributed by atoms with Crippen molar-refractivity contribution < 1.29 is 4.79 Å². The molecule has 1 aliphatic rings. The highest BCUT2D eigenvalue weighted by atomic mass is 35.5. The van der Waals surface area contributed by atoms with Gasteiger partial charge in [0.25, 0.3) is 0 Å². The van der Waals surface area contributed by atoms with Gasteiger partial charge >= 0.3 is 0 Å². The van der Waals surface area contributed by atoms with Crippen LogP contribution >= 0.6 is 23.2 Å². The average Bonchev–Trinajstić information content (AvgIpc) is 2.35. The number of hydrogen-bond donors (Lipinski definition) is 1. The summed E-state index contributed by atoms with van der Waals surface area (Å²) in [5.41, 5.74) is 0.940. The Hall–Kier alpha value is -0.570. The van der Waals surface area contributed by atoms with Gasteiger partial charge in [0.1, 0.15) is 5.78 Å². The van der Waals surface area contributed by atoms with Crippen LogP contribution in [0.5, 0.6) is 0 Å². The van der Waals surface area contributed by atoms with E-state index in [1.54, 1.807) is 12.1 Å². The number of benzene rings is 1. The van der Waals surface area contributed by atoms with Crippen LogP contribution in [0.15, 0.2) is 18.2 Å². The molecule has 1 unspecified atom stereocenters. The quantitative estimate of drug-likeness (QED) is 0.916. The molecule has 92 valence electrons. The van der Waals surface area contributed by atoms with Crippen molar-refractivity contribution in [2.24, 2.45) is 5.92 Å². The third-order valence-corrected chi connectivity index (χ3v) is 3.85. The molecule has 1 fully saturated rings. The number of carbonyl (C=O) groups is 1. The standard InChI is InChI=1S/C13H15Cl2NO/c14-11-4-3-9(6-12(11)15)7-13(17)10-2-1-5-16-8-10/h3-4,6,10,16H,1-2,5,7-8H2. The van der Waals surface area contributed by atoms with Crippen LogP contribution in [0.1, 0.15) is 18.4 Å². The summed E-state index contributed by atoms with van der Waals surface area (Å²) in [6.45, 7) is 1.83. The number of hydrogen-bond acceptors (Lipinski definition) is 2. The largest absolute Gasteiger partial charge is 0.316 e. The maximum absolute atomic E-state index is 12.0. The Morgan fingerprint density at radius 3 is 2.82 bits per heavy atom. The van der Waals surface area contributed by atoms with Crippen molar-refractivity contribution in [2.75, 3.05) is 13.1 Å². The first kappa shape index (κ1) is 12.9. The van der Waals surface area contributed by atoms with E-state index in [1.165, 1.54) is 0 Å². The molecular weight excluding hydrogens is 257 g/mol. The molecule has 1 aliphatic heterocycles. The van der Waals surface area contributed by atoms with E-state index in [1.807, 2.05) is 6.07 Å². The minimum Gasteiger partial charge on any atom is -0.316 e.